The summed E-state index contributed by atoms with van der Waals surface area (Å²) in [6, 6.07) is 4.15. The van der Waals surface area contributed by atoms with Gasteiger partial charge in [-0.15, -0.1) is 0 Å². The lowest BCUT2D eigenvalue weighted by atomic mass is 9.97. The first-order valence-electron chi connectivity index (χ1n) is 6.74. The van der Waals surface area contributed by atoms with Gasteiger partial charge < -0.3 is 0 Å². The van der Waals surface area contributed by atoms with E-state index in [2.05, 4.69) is 60.7 Å². The van der Waals surface area contributed by atoms with Crippen LogP contribution in [0.2, 0.25) is 0 Å². The largest absolute Gasteiger partial charge is 0.261 e. The molecule has 0 fully saturated rings. The maximum atomic E-state index is 4.61. The lowest BCUT2D eigenvalue weighted by molar-refractivity contribution is 0.729. The fraction of sp³-hybridized carbons (Fsp3) is 0.375. The Labute approximate surface area is 114 Å². The van der Waals surface area contributed by atoms with Crippen molar-refractivity contribution in [1.82, 2.24) is 15.2 Å². The Balaban J connectivity index is 2.14. The minimum absolute atomic E-state index is 0.390. The summed E-state index contributed by atoms with van der Waals surface area (Å²) in [6.45, 7) is 10.4. The number of aromatic amines is 1. The Kier molecular flexibility index (Phi) is 4.15. The molecule has 2 heterocycles. The monoisotopic (exact) mass is 255 g/mol. The summed E-state index contributed by atoms with van der Waals surface area (Å²) in [6.07, 6.45) is 6.99. The summed E-state index contributed by atoms with van der Waals surface area (Å²) in [4.78, 5) is 4.61. The Hall–Kier alpha value is -1.90. The summed E-state index contributed by atoms with van der Waals surface area (Å²) in [5.41, 5.74) is 3.26. The fourth-order valence-corrected chi connectivity index (χ4v) is 2.10. The molecule has 3 heteroatoms. The molecule has 0 saturated heterocycles. The topological polar surface area (TPSA) is 41.6 Å². The lowest BCUT2D eigenvalue weighted by Gasteiger charge is -2.11. The highest BCUT2D eigenvalue weighted by Crippen LogP contribution is 2.22. The van der Waals surface area contributed by atoms with Crippen LogP contribution in [-0.4, -0.2) is 15.2 Å². The molecule has 0 spiro atoms. The molecule has 0 bridgehead atoms. The van der Waals surface area contributed by atoms with Crippen molar-refractivity contribution in [2.75, 3.05) is 0 Å². The van der Waals surface area contributed by atoms with Crippen LogP contribution in [0.1, 0.15) is 38.8 Å². The number of rotatable bonds is 5. The van der Waals surface area contributed by atoms with E-state index < -0.39 is 0 Å². The van der Waals surface area contributed by atoms with Gasteiger partial charge in [0.15, 0.2) is 5.65 Å². The van der Waals surface area contributed by atoms with Gasteiger partial charge in [0.2, 0.25) is 0 Å². The molecule has 0 aromatic carbocycles. The Bertz CT molecular complexity index is 593. The van der Waals surface area contributed by atoms with Gasteiger partial charge in [0.1, 0.15) is 0 Å². The first-order chi connectivity index (χ1) is 9.11. The third-order valence-electron chi connectivity index (χ3n) is 3.44. The zero-order valence-corrected chi connectivity index (χ0v) is 11.9. The first-order valence-corrected chi connectivity index (χ1v) is 6.74. The number of nitrogens with zero attached hydrogens (tertiary/aromatic N) is 2. The Morgan fingerprint density at radius 2 is 2.16 bits per heavy atom. The second-order valence-electron chi connectivity index (χ2n) is 5.24. The summed E-state index contributed by atoms with van der Waals surface area (Å²) in [5.74, 6) is 0.911. The second-order valence-corrected chi connectivity index (χ2v) is 5.24. The number of aromatic nitrogens is 3. The van der Waals surface area contributed by atoms with E-state index in [1.165, 1.54) is 5.57 Å². The lowest BCUT2D eigenvalue weighted by Crippen LogP contribution is -1.98. The van der Waals surface area contributed by atoms with E-state index in [0.29, 0.717) is 11.8 Å². The SMILES string of the molecule is C=CC(=CCC(C)c1ccc2cn[nH]c2n1)C(C)C. The highest BCUT2D eigenvalue weighted by Gasteiger charge is 2.08. The van der Waals surface area contributed by atoms with Gasteiger partial charge in [-0.1, -0.05) is 45.1 Å². The van der Waals surface area contributed by atoms with E-state index in [0.717, 1.165) is 23.1 Å². The van der Waals surface area contributed by atoms with Crippen molar-refractivity contribution in [2.24, 2.45) is 5.92 Å². The second kappa shape index (κ2) is 5.83. The summed E-state index contributed by atoms with van der Waals surface area (Å²) in [7, 11) is 0. The van der Waals surface area contributed by atoms with Gasteiger partial charge in [-0.3, -0.25) is 5.10 Å². The van der Waals surface area contributed by atoms with Gasteiger partial charge >= 0.3 is 0 Å². The summed E-state index contributed by atoms with van der Waals surface area (Å²) in [5, 5.41) is 7.97. The van der Waals surface area contributed by atoms with Crippen molar-refractivity contribution < 1.29 is 0 Å². The van der Waals surface area contributed by atoms with Crippen LogP contribution in [0.25, 0.3) is 11.0 Å². The van der Waals surface area contributed by atoms with E-state index >= 15 is 0 Å². The standard InChI is InChI=1S/C16H21N3/c1-5-13(11(2)3)7-6-12(4)15-9-8-14-10-17-19-16(14)18-15/h5,7-12H,1,6H2,2-4H3,(H,17,18,19). The highest BCUT2D eigenvalue weighted by atomic mass is 15.1. The van der Waals surface area contributed by atoms with E-state index in [9.17, 15) is 0 Å². The normalized spacial score (nSPS) is 14.0. The number of allylic oxidation sites excluding steroid dienone is 3. The molecule has 1 N–H and O–H groups in total. The quantitative estimate of drug-likeness (QED) is 0.813. The summed E-state index contributed by atoms with van der Waals surface area (Å²) >= 11 is 0. The van der Waals surface area contributed by atoms with Crippen molar-refractivity contribution in [2.45, 2.75) is 33.1 Å². The minimum Gasteiger partial charge on any atom is -0.261 e. The number of hydrogen-bond donors (Lipinski definition) is 1. The molecule has 1 atom stereocenters. The van der Waals surface area contributed by atoms with E-state index in [1.54, 1.807) is 6.20 Å². The Morgan fingerprint density at radius 1 is 1.37 bits per heavy atom. The van der Waals surface area contributed by atoms with E-state index in [1.807, 2.05) is 6.08 Å². The summed E-state index contributed by atoms with van der Waals surface area (Å²) < 4.78 is 0. The number of hydrogen-bond acceptors (Lipinski definition) is 2. The van der Waals surface area contributed by atoms with Crippen LogP contribution in [-0.2, 0) is 0 Å². The van der Waals surface area contributed by atoms with Crippen LogP contribution in [0.5, 0.6) is 0 Å². The first kappa shape index (κ1) is 13.5. The molecule has 0 radical (unpaired) electrons. The number of nitrogens with one attached hydrogen (secondary N) is 1. The van der Waals surface area contributed by atoms with Crippen molar-refractivity contribution in [3.8, 4) is 0 Å². The molecule has 100 valence electrons. The van der Waals surface area contributed by atoms with Gasteiger partial charge in [-0.25, -0.2) is 4.98 Å². The molecule has 2 aromatic heterocycles. The predicted octanol–water partition coefficient (Wildman–Crippen LogP) is 4.22. The van der Waals surface area contributed by atoms with Crippen LogP contribution in [0.3, 0.4) is 0 Å². The van der Waals surface area contributed by atoms with Gasteiger partial charge in [0.25, 0.3) is 0 Å². The highest BCUT2D eigenvalue weighted by molar-refractivity contribution is 5.73. The molecule has 3 nitrogen and oxygen atoms in total. The van der Waals surface area contributed by atoms with E-state index in [4.69, 9.17) is 0 Å². The minimum atomic E-state index is 0.390. The number of pyridine rings is 1. The van der Waals surface area contributed by atoms with Crippen molar-refractivity contribution >= 4 is 11.0 Å². The van der Waals surface area contributed by atoms with Crippen LogP contribution >= 0.6 is 0 Å². The Morgan fingerprint density at radius 3 is 2.84 bits per heavy atom. The van der Waals surface area contributed by atoms with E-state index in [-0.39, 0.29) is 0 Å². The predicted molar refractivity (Wildman–Crippen MR) is 80.0 cm³/mol. The molecule has 2 rings (SSSR count). The smallest absolute Gasteiger partial charge is 0.155 e. The van der Waals surface area contributed by atoms with Crippen LogP contribution in [0.4, 0.5) is 0 Å². The molecule has 0 amide bonds. The zero-order valence-electron chi connectivity index (χ0n) is 11.9. The molecule has 0 aliphatic heterocycles. The molecule has 0 saturated carbocycles. The number of H-pyrrole nitrogens is 1. The van der Waals surface area contributed by atoms with Crippen LogP contribution < -0.4 is 0 Å². The molecule has 0 aliphatic carbocycles. The fourth-order valence-electron chi connectivity index (χ4n) is 2.10. The molecule has 0 aliphatic rings. The maximum Gasteiger partial charge on any atom is 0.155 e. The third-order valence-corrected chi connectivity index (χ3v) is 3.44. The third kappa shape index (κ3) is 3.11. The zero-order chi connectivity index (χ0) is 13.8. The molecule has 19 heavy (non-hydrogen) atoms. The molecular formula is C16H21N3. The average Bonchev–Trinajstić information content (AvgIpc) is 2.85. The van der Waals surface area contributed by atoms with Crippen LogP contribution in [0, 0.1) is 5.92 Å². The van der Waals surface area contributed by atoms with Gasteiger partial charge in [0.05, 0.1) is 6.20 Å². The molecular weight excluding hydrogens is 234 g/mol. The van der Waals surface area contributed by atoms with Gasteiger partial charge in [-0.2, -0.15) is 5.10 Å². The maximum absolute atomic E-state index is 4.61. The van der Waals surface area contributed by atoms with Gasteiger partial charge in [0, 0.05) is 17.0 Å². The van der Waals surface area contributed by atoms with Crippen LogP contribution in [0.15, 0.2) is 42.6 Å². The van der Waals surface area contributed by atoms with Crippen molar-refractivity contribution in [3.63, 3.8) is 0 Å². The number of fused-ring (bicyclic) bond motifs is 1. The van der Waals surface area contributed by atoms with Gasteiger partial charge in [-0.05, 0) is 24.5 Å². The molecule has 1 unspecified atom stereocenters. The average molecular weight is 255 g/mol. The molecule has 2 aromatic rings. The van der Waals surface area contributed by atoms with Crippen molar-refractivity contribution in [1.29, 1.82) is 0 Å². The van der Waals surface area contributed by atoms with Crippen molar-refractivity contribution in [3.05, 3.63) is 48.3 Å².